The van der Waals surface area contributed by atoms with Crippen molar-refractivity contribution in [3.63, 3.8) is 0 Å². The molecule has 1 fully saturated rings. The predicted molar refractivity (Wildman–Crippen MR) is 140 cm³/mol. The highest BCUT2D eigenvalue weighted by molar-refractivity contribution is 5.94. The first-order valence-corrected chi connectivity index (χ1v) is 11.9. The second kappa shape index (κ2) is 10.1. The zero-order chi connectivity index (χ0) is 23.3. The number of hydrogen-bond acceptors (Lipinski definition) is 3. The van der Waals surface area contributed by atoms with Crippen molar-refractivity contribution >= 4 is 29.8 Å². The molecule has 1 saturated heterocycles. The Morgan fingerprint density at radius 2 is 1.44 bits per heavy atom. The maximum Gasteiger partial charge on any atom is 0.308 e. The van der Waals surface area contributed by atoms with E-state index >= 15 is 0 Å². The van der Waals surface area contributed by atoms with Gasteiger partial charge < -0.3 is 4.74 Å². The molecule has 3 aromatic rings. The van der Waals surface area contributed by atoms with Gasteiger partial charge in [-0.3, -0.25) is 9.69 Å². The van der Waals surface area contributed by atoms with Crippen LogP contribution in [0.1, 0.15) is 47.6 Å². The third kappa shape index (κ3) is 4.95. The predicted octanol–water partition coefficient (Wildman–Crippen LogP) is 6.71. The van der Waals surface area contributed by atoms with Gasteiger partial charge in [0.05, 0.1) is 0 Å². The minimum absolute atomic E-state index is 0.296. The number of fused-ring (bicyclic) bond motifs is 2. The summed E-state index contributed by atoms with van der Waals surface area (Å²) >= 11 is 0. The molecule has 3 aromatic carbocycles. The number of likely N-dealkylation sites (tertiary alicyclic amines) is 1. The van der Waals surface area contributed by atoms with Crippen LogP contribution in [0, 0.1) is 0 Å². The van der Waals surface area contributed by atoms with Crippen molar-refractivity contribution in [3.8, 4) is 5.75 Å². The van der Waals surface area contributed by atoms with Crippen LogP contribution in [-0.4, -0.2) is 30.5 Å². The van der Waals surface area contributed by atoms with Crippen LogP contribution in [0.4, 0.5) is 0 Å². The first kappa shape index (κ1) is 22.1. The Labute approximate surface area is 201 Å². The summed E-state index contributed by atoms with van der Waals surface area (Å²) in [6.45, 7) is 4.47. The largest absolute Gasteiger partial charge is 0.427 e. The number of rotatable bonds is 4. The van der Waals surface area contributed by atoms with Gasteiger partial charge in [0.25, 0.3) is 0 Å². The van der Waals surface area contributed by atoms with Gasteiger partial charge in [-0.15, -0.1) is 0 Å². The first-order chi connectivity index (χ1) is 16.7. The summed E-state index contributed by atoms with van der Waals surface area (Å²) in [6, 6.07) is 25.1. The van der Waals surface area contributed by atoms with Crippen molar-refractivity contribution in [1.29, 1.82) is 0 Å². The van der Waals surface area contributed by atoms with E-state index in [2.05, 4.69) is 77.7 Å². The Hall–Kier alpha value is -3.69. The van der Waals surface area contributed by atoms with E-state index in [4.69, 9.17) is 4.74 Å². The highest BCUT2D eigenvalue weighted by Gasteiger charge is 2.22. The van der Waals surface area contributed by atoms with Gasteiger partial charge in [-0.25, -0.2) is 0 Å². The number of carbonyl (C=O) groups excluding carboxylic acids is 1. The van der Waals surface area contributed by atoms with Crippen LogP contribution in [-0.2, 0) is 4.79 Å². The fourth-order valence-electron chi connectivity index (χ4n) is 4.85. The molecular formula is C31H29NO2. The first-order valence-electron chi connectivity index (χ1n) is 11.9. The number of piperidine rings is 1. The van der Waals surface area contributed by atoms with E-state index in [1.807, 2.05) is 24.3 Å². The third-order valence-corrected chi connectivity index (χ3v) is 6.53. The van der Waals surface area contributed by atoms with Crippen molar-refractivity contribution in [3.05, 3.63) is 112 Å². The molecule has 0 unspecified atom stereocenters. The lowest BCUT2D eigenvalue weighted by Crippen LogP contribution is -2.31. The average molecular weight is 448 g/mol. The Kier molecular flexibility index (Phi) is 6.55. The molecule has 3 nitrogen and oxygen atoms in total. The van der Waals surface area contributed by atoms with Crippen molar-refractivity contribution in [1.82, 2.24) is 4.90 Å². The summed E-state index contributed by atoms with van der Waals surface area (Å²) < 4.78 is 5.10. The minimum Gasteiger partial charge on any atom is -0.427 e. The monoisotopic (exact) mass is 447 g/mol. The van der Waals surface area contributed by atoms with E-state index in [9.17, 15) is 4.79 Å². The molecule has 0 saturated carbocycles. The van der Waals surface area contributed by atoms with E-state index in [-0.39, 0.29) is 5.97 Å². The molecule has 1 aliphatic heterocycles. The maximum atomic E-state index is 11.1. The van der Waals surface area contributed by atoms with E-state index < -0.39 is 0 Å². The number of esters is 1. The fraction of sp³-hybridized carbons (Fsp3) is 0.194. The molecule has 5 rings (SSSR count). The molecular weight excluding hydrogens is 418 g/mol. The van der Waals surface area contributed by atoms with Gasteiger partial charge in [0.15, 0.2) is 0 Å². The van der Waals surface area contributed by atoms with Crippen LogP contribution in [0.2, 0.25) is 0 Å². The Morgan fingerprint density at radius 1 is 0.853 bits per heavy atom. The zero-order valence-corrected chi connectivity index (χ0v) is 19.5. The molecule has 0 N–H and O–H groups in total. The Bertz CT molecular complexity index is 1220. The number of benzene rings is 3. The second-order valence-electron chi connectivity index (χ2n) is 8.85. The van der Waals surface area contributed by atoms with Crippen LogP contribution < -0.4 is 4.74 Å². The average Bonchev–Trinajstić information content (AvgIpc) is 3.02. The summed E-state index contributed by atoms with van der Waals surface area (Å²) in [6.07, 6.45) is 11.0. The van der Waals surface area contributed by atoms with Gasteiger partial charge in [-0.2, -0.15) is 0 Å². The molecule has 34 heavy (non-hydrogen) atoms. The quantitative estimate of drug-likeness (QED) is 0.257. The molecule has 0 bridgehead atoms. The van der Waals surface area contributed by atoms with Gasteiger partial charge in [0, 0.05) is 26.6 Å². The van der Waals surface area contributed by atoms with Crippen molar-refractivity contribution in [2.75, 3.05) is 19.6 Å². The Balaban J connectivity index is 1.29. The van der Waals surface area contributed by atoms with E-state index in [1.54, 1.807) is 5.57 Å². The van der Waals surface area contributed by atoms with Crippen LogP contribution in [0.3, 0.4) is 0 Å². The number of ether oxygens (including phenoxy) is 1. The number of carbonyl (C=O) groups is 1. The summed E-state index contributed by atoms with van der Waals surface area (Å²) in [7, 11) is 0. The number of hydrogen-bond donors (Lipinski definition) is 0. The van der Waals surface area contributed by atoms with E-state index in [1.165, 1.54) is 34.8 Å². The normalized spacial score (nSPS) is 15.7. The molecule has 3 heteroatoms. The number of nitrogens with zero attached hydrogens (tertiary/aromatic N) is 1. The molecule has 1 heterocycles. The van der Waals surface area contributed by atoms with Gasteiger partial charge in [0.1, 0.15) is 5.75 Å². The van der Waals surface area contributed by atoms with Gasteiger partial charge >= 0.3 is 5.97 Å². The molecule has 0 amide bonds. The van der Waals surface area contributed by atoms with Crippen molar-refractivity contribution < 1.29 is 9.53 Å². The molecule has 0 radical (unpaired) electrons. The van der Waals surface area contributed by atoms with E-state index in [0.717, 1.165) is 38.0 Å². The maximum absolute atomic E-state index is 11.1. The smallest absolute Gasteiger partial charge is 0.308 e. The van der Waals surface area contributed by atoms with E-state index in [0.29, 0.717) is 5.75 Å². The second-order valence-corrected chi connectivity index (χ2v) is 8.85. The van der Waals surface area contributed by atoms with Gasteiger partial charge in [0.2, 0.25) is 0 Å². The van der Waals surface area contributed by atoms with Crippen molar-refractivity contribution in [2.45, 2.75) is 19.8 Å². The topological polar surface area (TPSA) is 29.5 Å². The standard InChI is InChI=1S/C31H29NO2/c1-23(33)34-28-16-12-24(13-17-28)7-6-20-32-21-18-27(19-22-32)31-29-10-4-2-8-25(29)14-15-26-9-3-5-11-30(26)31/h2-17H,18-22H2,1H3. The highest BCUT2D eigenvalue weighted by atomic mass is 16.5. The molecule has 0 aromatic heterocycles. The van der Waals surface area contributed by atoms with Crippen LogP contribution in [0.15, 0.2) is 84.4 Å². The SMILES string of the molecule is CC(=O)Oc1ccc(C=CCN2CCC(=C3c4ccccc4C=Cc4ccccc43)CC2)cc1. The molecule has 0 spiro atoms. The van der Waals surface area contributed by atoms with Gasteiger partial charge in [-0.05, 0) is 58.4 Å². The molecule has 2 aliphatic rings. The zero-order valence-electron chi connectivity index (χ0n) is 19.5. The minimum atomic E-state index is -0.296. The van der Waals surface area contributed by atoms with Crippen molar-refractivity contribution in [2.24, 2.45) is 0 Å². The lowest BCUT2D eigenvalue weighted by atomic mass is 9.86. The van der Waals surface area contributed by atoms with Crippen LogP contribution in [0.25, 0.3) is 23.8 Å². The van der Waals surface area contributed by atoms with Crippen LogP contribution >= 0.6 is 0 Å². The molecule has 0 atom stereocenters. The lowest BCUT2D eigenvalue weighted by Gasteiger charge is -2.29. The lowest BCUT2D eigenvalue weighted by molar-refractivity contribution is -0.131. The summed E-state index contributed by atoms with van der Waals surface area (Å²) in [5, 5.41) is 0. The van der Waals surface area contributed by atoms with Gasteiger partial charge in [-0.1, -0.05) is 90.5 Å². The molecule has 170 valence electrons. The molecule has 1 aliphatic carbocycles. The fourth-order valence-corrected chi connectivity index (χ4v) is 4.85. The summed E-state index contributed by atoms with van der Waals surface area (Å²) in [5.74, 6) is 0.285. The van der Waals surface area contributed by atoms with Crippen LogP contribution in [0.5, 0.6) is 5.75 Å². The summed E-state index contributed by atoms with van der Waals surface area (Å²) in [4.78, 5) is 13.6. The third-order valence-electron chi connectivity index (χ3n) is 6.53. The Morgan fingerprint density at radius 3 is 2.03 bits per heavy atom. The summed E-state index contributed by atoms with van der Waals surface area (Å²) in [5.41, 5.74) is 9.39. The highest BCUT2D eigenvalue weighted by Crippen LogP contribution is 2.38.